The number of nitrogens with one attached hydrogen (secondary N) is 2. The van der Waals surface area contributed by atoms with E-state index in [-0.39, 0.29) is 5.91 Å². The lowest BCUT2D eigenvalue weighted by Gasteiger charge is -2.32. The number of carbonyl (C=O) groups excluding carboxylic acids is 1. The number of benzene rings is 1. The predicted octanol–water partition coefficient (Wildman–Crippen LogP) is 2.39. The molecule has 1 aliphatic heterocycles. The molecule has 1 fully saturated rings. The van der Waals surface area contributed by atoms with Crippen molar-refractivity contribution in [2.75, 3.05) is 19.6 Å². The molecule has 3 nitrogen and oxygen atoms in total. The summed E-state index contributed by atoms with van der Waals surface area (Å²) in [6, 6.07) is 13.4. The van der Waals surface area contributed by atoms with Crippen LogP contribution in [0.5, 0.6) is 0 Å². The lowest BCUT2D eigenvalue weighted by atomic mass is 9.96. The van der Waals surface area contributed by atoms with Crippen LogP contribution in [0, 0.1) is 5.92 Å². The number of fused-ring (bicyclic) bond motifs is 1. The van der Waals surface area contributed by atoms with Crippen LogP contribution in [0.25, 0.3) is 0 Å². The van der Waals surface area contributed by atoms with Crippen LogP contribution in [0.2, 0.25) is 0 Å². The molecule has 2 aliphatic rings. The molecule has 25 heavy (non-hydrogen) atoms. The number of hydrogen-bond acceptors (Lipinski definition) is 2. The maximum atomic E-state index is 12.4. The van der Waals surface area contributed by atoms with E-state index in [0.717, 1.165) is 38.3 Å². The van der Waals surface area contributed by atoms with Crippen molar-refractivity contribution in [1.82, 2.24) is 5.32 Å². The first-order valence-electron chi connectivity index (χ1n) is 9.53. The fraction of sp³-hybridized carbons (Fsp3) is 0.476. The number of thiophene rings is 1. The van der Waals surface area contributed by atoms with E-state index in [9.17, 15) is 4.79 Å². The molecule has 2 aromatic rings. The molecule has 2 N–H and O–H groups in total. The molecule has 132 valence electrons. The fourth-order valence-corrected chi connectivity index (χ4v) is 5.06. The summed E-state index contributed by atoms with van der Waals surface area (Å²) in [6.45, 7) is 2.51. The summed E-state index contributed by atoms with van der Waals surface area (Å²) < 4.78 is 0. The van der Waals surface area contributed by atoms with Gasteiger partial charge in [0.25, 0.3) is 5.91 Å². The smallest absolute Gasteiger partial charge is 0.275 e. The summed E-state index contributed by atoms with van der Waals surface area (Å²) >= 11 is 1.90. The zero-order valence-corrected chi connectivity index (χ0v) is 15.5. The van der Waals surface area contributed by atoms with Gasteiger partial charge >= 0.3 is 0 Å². The van der Waals surface area contributed by atoms with E-state index in [1.54, 1.807) is 4.88 Å². The summed E-state index contributed by atoms with van der Waals surface area (Å²) in [5.41, 5.74) is 2.88. The number of carbonyl (C=O) groups is 1. The fourth-order valence-electron chi connectivity index (χ4n) is 4.13. The van der Waals surface area contributed by atoms with E-state index >= 15 is 0 Å². The molecule has 1 unspecified atom stereocenters. The third-order valence-corrected chi connectivity index (χ3v) is 6.51. The summed E-state index contributed by atoms with van der Waals surface area (Å²) in [5.74, 6) is 1.02. The number of rotatable bonds is 7. The third-order valence-electron chi connectivity index (χ3n) is 5.52. The first-order chi connectivity index (χ1) is 12.3. The van der Waals surface area contributed by atoms with Crippen LogP contribution in [0.1, 0.15) is 41.3 Å². The van der Waals surface area contributed by atoms with E-state index in [1.165, 1.54) is 28.9 Å². The molecule has 0 bridgehead atoms. The van der Waals surface area contributed by atoms with Crippen LogP contribution in [0.3, 0.4) is 0 Å². The van der Waals surface area contributed by atoms with Crippen LogP contribution in [-0.4, -0.2) is 25.5 Å². The van der Waals surface area contributed by atoms with Gasteiger partial charge in [-0.2, -0.15) is 0 Å². The molecule has 0 radical (unpaired) electrons. The lowest BCUT2D eigenvalue weighted by molar-refractivity contribution is -0.928. The Labute approximate surface area is 154 Å². The number of aryl methyl sites for hydroxylation is 1. The van der Waals surface area contributed by atoms with Gasteiger partial charge in [0.05, 0.1) is 6.54 Å². The van der Waals surface area contributed by atoms with Crippen molar-refractivity contribution in [2.45, 2.75) is 38.1 Å². The monoisotopic (exact) mass is 355 g/mol. The first-order valence-corrected chi connectivity index (χ1v) is 10.4. The van der Waals surface area contributed by atoms with Gasteiger partial charge in [0, 0.05) is 29.3 Å². The van der Waals surface area contributed by atoms with Gasteiger partial charge in [-0.3, -0.25) is 4.79 Å². The lowest BCUT2D eigenvalue weighted by Crippen LogP contribution is -3.14. The van der Waals surface area contributed by atoms with Crippen molar-refractivity contribution in [3.05, 3.63) is 57.8 Å². The van der Waals surface area contributed by atoms with Crippen LogP contribution in [-0.2, 0) is 17.6 Å². The molecule has 4 rings (SSSR count). The van der Waals surface area contributed by atoms with Gasteiger partial charge in [0.2, 0.25) is 0 Å². The highest BCUT2D eigenvalue weighted by Gasteiger charge is 2.43. The summed E-state index contributed by atoms with van der Waals surface area (Å²) in [4.78, 5) is 15.5. The Morgan fingerprint density at radius 2 is 2.04 bits per heavy atom. The first kappa shape index (κ1) is 16.8. The maximum Gasteiger partial charge on any atom is 0.275 e. The largest absolute Gasteiger partial charge is 0.351 e. The van der Waals surface area contributed by atoms with Gasteiger partial charge in [-0.15, -0.1) is 11.3 Å². The average Bonchev–Trinajstić information content (AvgIpc) is 3.35. The van der Waals surface area contributed by atoms with Gasteiger partial charge < -0.3 is 10.2 Å². The summed E-state index contributed by atoms with van der Waals surface area (Å²) in [7, 11) is 0. The van der Waals surface area contributed by atoms with E-state index in [1.807, 2.05) is 17.4 Å². The Bertz CT molecular complexity index is 708. The van der Waals surface area contributed by atoms with Crippen molar-refractivity contribution in [3.63, 3.8) is 0 Å². The molecular formula is C21H27N2OS+. The second kappa shape index (κ2) is 7.71. The Balaban J connectivity index is 1.26. The van der Waals surface area contributed by atoms with Crippen LogP contribution >= 0.6 is 11.3 Å². The summed E-state index contributed by atoms with van der Waals surface area (Å²) in [5, 5.41) is 5.37. The molecule has 2 heterocycles. The molecular weight excluding hydrogens is 328 g/mol. The van der Waals surface area contributed by atoms with E-state index in [2.05, 4.69) is 41.0 Å². The van der Waals surface area contributed by atoms with Gasteiger partial charge in [-0.1, -0.05) is 30.3 Å². The van der Waals surface area contributed by atoms with Crippen molar-refractivity contribution >= 4 is 17.2 Å². The quantitative estimate of drug-likeness (QED) is 0.735. The SMILES string of the molecule is O=C(C[NH+]1CCc2sccc2[C@@H]1C1CC1)NCCCc1ccccc1. The van der Waals surface area contributed by atoms with E-state index in [0.29, 0.717) is 12.6 Å². The molecule has 1 amide bonds. The minimum absolute atomic E-state index is 0.215. The molecule has 1 aliphatic carbocycles. The third kappa shape index (κ3) is 4.13. The molecule has 0 saturated heterocycles. The topological polar surface area (TPSA) is 33.5 Å². The van der Waals surface area contributed by atoms with Crippen molar-refractivity contribution in [1.29, 1.82) is 0 Å². The second-order valence-corrected chi connectivity index (χ2v) is 8.39. The Morgan fingerprint density at radius 1 is 1.20 bits per heavy atom. The zero-order chi connectivity index (χ0) is 17.1. The highest BCUT2D eigenvalue weighted by molar-refractivity contribution is 7.10. The Morgan fingerprint density at radius 3 is 2.84 bits per heavy atom. The molecule has 1 saturated carbocycles. The van der Waals surface area contributed by atoms with Gasteiger partial charge in [-0.05, 0) is 42.7 Å². The van der Waals surface area contributed by atoms with Gasteiger partial charge in [0.1, 0.15) is 6.04 Å². The van der Waals surface area contributed by atoms with Crippen LogP contribution < -0.4 is 10.2 Å². The van der Waals surface area contributed by atoms with Crippen molar-refractivity contribution < 1.29 is 9.69 Å². The standard InChI is InChI=1S/C21H26N2OS/c24-20(22-12-4-7-16-5-2-1-3-6-16)15-23-13-10-19-18(11-14-25-19)21(23)17-8-9-17/h1-3,5-6,11,14,17,21H,4,7-10,12-13,15H2,(H,22,24)/p+1/t21-/m0/s1. The molecule has 2 atom stereocenters. The minimum atomic E-state index is 0.215. The average molecular weight is 356 g/mol. The highest BCUT2D eigenvalue weighted by Crippen LogP contribution is 2.42. The second-order valence-electron chi connectivity index (χ2n) is 7.39. The normalized spacial score (nSPS) is 22.4. The number of quaternary nitrogens is 1. The highest BCUT2D eigenvalue weighted by atomic mass is 32.1. The minimum Gasteiger partial charge on any atom is -0.351 e. The van der Waals surface area contributed by atoms with Crippen LogP contribution in [0.4, 0.5) is 0 Å². The van der Waals surface area contributed by atoms with Crippen molar-refractivity contribution in [3.8, 4) is 0 Å². The molecule has 4 heteroatoms. The summed E-state index contributed by atoms with van der Waals surface area (Å²) in [6.07, 6.45) is 5.84. The molecule has 0 spiro atoms. The van der Waals surface area contributed by atoms with Crippen molar-refractivity contribution in [2.24, 2.45) is 5.92 Å². The van der Waals surface area contributed by atoms with Gasteiger partial charge in [-0.25, -0.2) is 0 Å². The number of hydrogen-bond donors (Lipinski definition) is 2. The predicted molar refractivity (Wildman–Crippen MR) is 102 cm³/mol. The molecule has 1 aromatic heterocycles. The maximum absolute atomic E-state index is 12.4. The van der Waals surface area contributed by atoms with Gasteiger partial charge in [0.15, 0.2) is 6.54 Å². The van der Waals surface area contributed by atoms with E-state index in [4.69, 9.17) is 0 Å². The number of amides is 1. The zero-order valence-electron chi connectivity index (χ0n) is 14.7. The van der Waals surface area contributed by atoms with Crippen LogP contribution in [0.15, 0.2) is 41.8 Å². The Kier molecular flexibility index (Phi) is 5.18. The Hall–Kier alpha value is -1.65. The molecule has 1 aromatic carbocycles. The van der Waals surface area contributed by atoms with E-state index < -0.39 is 0 Å².